The molecule has 1 aliphatic rings. The molecule has 0 amide bonds. The SMILES string of the molecule is Nc1c(-c2ccc(Cl)cc2OCCC2CCCCC2)c(=O)c1=O. The molecule has 2 aromatic carbocycles. The highest BCUT2D eigenvalue weighted by molar-refractivity contribution is 6.30. The first-order chi connectivity index (χ1) is 11.1. The van der Waals surface area contributed by atoms with Crippen molar-refractivity contribution in [3.63, 3.8) is 0 Å². The van der Waals surface area contributed by atoms with Gasteiger partial charge in [0.25, 0.3) is 0 Å². The molecule has 0 heterocycles. The smallest absolute Gasteiger partial charge is 0.249 e. The van der Waals surface area contributed by atoms with Gasteiger partial charge in [0.1, 0.15) is 5.75 Å². The zero-order chi connectivity index (χ0) is 16.4. The lowest BCUT2D eigenvalue weighted by molar-refractivity contribution is 0.247. The van der Waals surface area contributed by atoms with Crippen molar-refractivity contribution in [2.45, 2.75) is 38.5 Å². The molecule has 1 aliphatic carbocycles. The van der Waals surface area contributed by atoms with Gasteiger partial charge in [0.2, 0.25) is 10.9 Å². The first-order valence-corrected chi connectivity index (χ1v) is 8.47. The summed E-state index contributed by atoms with van der Waals surface area (Å²) in [5.41, 5.74) is 5.30. The molecule has 0 aliphatic heterocycles. The second-order valence-electron chi connectivity index (χ2n) is 6.23. The van der Waals surface area contributed by atoms with Crippen molar-refractivity contribution < 1.29 is 4.74 Å². The Balaban J connectivity index is 1.75. The minimum Gasteiger partial charge on any atom is -0.493 e. The van der Waals surface area contributed by atoms with Crippen molar-refractivity contribution in [1.82, 2.24) is 0 Å². The van der Waals surface area contributed by atoms with Gasteiger partial charge in [0.15, 0.2) is 0 Å². The maximum absolute atomic E-state index is 11.8. The van der Waals surface area contributed by atoms with Crippen LogP contribution in [-0.4, -0.2) is 6.61 Å². The summed E-state index contributed by atoms with van der Waals surface area (Å²) >= 11 is 6.03. The van der Waals surface area contributed by atoms with E-state index in [1.807, 2.05) is 0 Å². The van der Waals surface area contributed by atoms with Crippen molar-refractivity contribution in [3.8, 4) is 16.9 Å². The number of hydrogen-bond donors (Lipinski definition) is 1. The van der Waals surface area contributed by atoms with E-state index in [1.165, 1.54) is 32.1 Å². The van der Waals surface area contributed by atoms with Gasteiger partial charge >= 0.3 is 0 Å². The van der Waals surface area contributed by atoms with Gasteiger partial charge in [0.05, 0.1) is 17.9 Å². The lowest BCUT2D eigenvalue weighted by atomic mass is 9.87. The van der Waals surface area contributed by atoms with E-state index in [2.05, 4.69) is 0 Å². The minimum atomic E-state index is -0.622. The van der Waals surface area contributed by atoms with Crippen molar-refractivity contribution in [2.75, 3.05) is 12.3 Å². The molecule has 0 unspecified atom stereocenters. The zero-order valence-electron chi connectivity index (χ0n) is 12.9. The van der Waals surface area contributed by atoms with Gasteiger partial charge in [-0.25, -0.2) is 0 Å². The number of benzene rings is 1. The molecule has 2 N–H and O–H groups in total. The van der Waals surface area contributed by atoms with E-state index >= 15 is 0 Å². The highest BCUT2D eigenvalue weighted by atomic mass is 35.5. The molecule has 5 heteroatoms. The third kappa shape index (κ3) is 3.27. The Morgan fingerprint density at radius 3 is 2.57 bits per heavy atom. The second-order valence-corrected chi connectivity index (χ2v) is 6.67. The highest BCUT2D eigenvalue weighted by Crippen LogP contribution is 2.34. The predicted molar refractivity (Wildman–Crippen MR) is 92.9 cm³/mol. The Morgan fingerprint density at radius 2 is 1.87 bits per heavy atom. The van der Waals surface area contributed by atoms with Gasteiger partial charge in [-0.15, -0.1) is 0 Å². The number of ether oxygens (including phenoxy) is 1. The van der Waals surface area contributed by atoms with E-state index in [9.17, 15) is 9.59 Å². The van der Waals surface area contributed by atoms with Crippen molar-refractivity contribution in [2.24, 2.45) is 5.92 Å². The maximum Gasteiger partial charge on any atom is 0.249 e. The molecule has 1 fully saturated rings. The predicted octanol–water partition coefficient (Wildman–Crippen LogP) is 3.53. The average Bonchev–Trinajstić information content (AvgIpc) is 2.57. The van der Waals surface area contributed by atoms with Crippen LogP contribution in [0.5, 0.6) is 5.75 Å². The van der Waals surface area contributed by atoms with Crippen molar-refractivity contribution in [3.05, 3.63) is 43.7 Å². The average molecular weight is 334 g/mol. The Labute approximate surface area is 139 Å². The zero-order valence-corrected chi connectivity index (χ0v) is 13.7. The first-order valence-electron chi connectivity index (χ1n) is 8.09. The summed E-state index contributed by atoms with van der Waals surface area (Å²) < 4.78 is 5.87. The molecule has 0 spiro atoms. The second kappa shape index (κ2) is 6.75. The fourth-order valence-electron chi connectivity index (χ4n) is 3.31. The summed E-state index contributed by atoms with van der Waals surface area (Å²) in [5, 5.41) is 0.527. The number of nitrogens with two attached hydrogens (primary N) is 1. The minimum absolute atomic E-state index is 0.00875. The molecule has 0 bridgehead atoms. The largest absolute Gasteiger partial charge is 0.493 e. The summed E-state index contributed by atoms with van der Waals surface area (Å²) in [6.45, 7) is 0.577. The van der Waals surface area contributed by atoms with Crippen LogP contribution in [0.3, 0.4) is 0 Å². The topological polar surface area (TPSA) is 69.4 Å². The molecule has 122 valence electrons. The van der Waals surface area contributed by atoms with Gasteiger partial charge in [0, 0.05) is 10.6 Å². The summed E-state index contributed by atoms with van der Waals surface area (Å²) in [6, 6.07) is 5.03. The van der Waals surface area contributed by atoms with Gasteiger partial charge in [-0.2, -0.15) is 0 Å². The molecule has 1 saturated carbocycles. The molecule has 3 rings (SSSR count). The number of hydrogen-bond acceptors (Lipinski definition) is 4. The van der Waals surface area contributed by atoms with E-state index in [0.29, 0.717) is 28.9 Å². The molecule has 23 heavy (non-hydrogen) atoms. The Bertz CT molecular complexity index is 771. The van der Waals surface area contributed by atoms with Crippen molar-refractivity contribution >= 4 is 17.3 Å². The summed E-state index contributed by atoms with van der Waals surface area (Å²) in [7, 11) is 0. The lowest BCUT2D eigenvalue weighted by Crippen LogP contribution is -2.35. The lowest BCUT2D eigenvalue weighted by Gasteiger charge is -2.22. The molecule has 4 nitrogen and oxygen atoms in total. The maximum atomic E-state index is 11.8. The number of anilines is 1. The van der Waals surface area contributed by atoms with Crippen LogP contribution in [-0.2, 0) is 0 Å². The highest BCUT2D eigenvalue weighted by Gasteiger charge is 2.23. The monoisotopic (exact) mass is 333 g/mol. The fourth-order valence-corrected chi connectivity index (χ4v) is 3.47. The fraction of sp³-hybridized carbons (Fsp3) is 0.444. The van der Waals surface area contributed by atoms with Crippen LogP contribution >= 0.6 is 11.6 Å². The van der Waals surface area contributed by atoms with Crippen LogP contribution in [0.4, 0.5) is 5.69 Å². The van der Waals surface area contributed by atoms with Gasteiger partial charge in [-0.05, 0) is 30.5 Å². The van der Waals surface area contributed by atoms with Crippen LogP contribution in [0.15, 0.2) is 27.8 Å². The van der Waals surface area contributed by atoms with E-state index in [-0.39, 0.29) is 11.3 Å². The van der Waals surface area contributed by atoms with Crippen LogP contribution in [0.25, 0.3) is 11.1 Å². The van der Waals surface area contributed by atoms with Crippen LogP contribution in [0, 0.1) is 5.92 Å². The van der Waals surface area contributed by atoms with Gasteiger partial charge < -0.3 is 10.5 Å². The van der Waals surface area contributed by atoms with Crippen LogP contribution in [0.2, 0.25) is 5.02 Å². The third-order valence-corrected chi connectivity index (χ3v) is 4.90. The van der Waals surface area contributed by atoms with Crippen LogP contribution in [0.1, 0.15) is 38.5 Å². The van der Waals surface area contributed by atoms with Gasteiger partial charge in [-0.1, -0.05) is 43.7 Å². The Kier molecular flexibility index (Phi) is 4.71. The van der Waals surface area contributed by atoms with E-state index in [0.717, 1.165) is 6.42 Å². The quantitative estimate of drug-likeness (QED) is 0.850. The number of rotatable bonds is 5. The van der Waals surface area contributed by atoms with Gasteiger partial charge in [-0.3, -0.25) is 9.59 Å². The number of nitrogen functional groups attached to an aromatic ring is 1. The van der Waals surface area contributed by atoms with E-state index < -0.39 is 10.9 Å². The Morgan fingerprint density at radius 1 is 1.13 bits per heavy atom. The molecule has 0 atom stereocenters. The standard InChI is InChI=1S/C18H20ClNO3/c19-12-6-7-13(15-16(20)18(22)17(15)21)14(10-12)23-9-8-11-4-2-1-3-5-11/h6-7,10-11H,1-5,8-9,20H2. The molecular weight excluding hydrogens is 314 g/mol. The summed E-state index contributed by atoms with van der Waals surface area (Å²) in [6.07, 6.45) is 7.45. The van der Waals surface area contributed by atoms with Crippen molar-refractivity contribution in [1.29, 1.82) is 0 Å². The first kappa shape index (κ1) is 16.1. The summed E-state index contributed by atoms with van der Waals surface area (Å²) in [5.74, 6) is 1.23. The Hall–Kier alpha value is -1.81. The molecule has 0 saturated heterocycles. The molecule has 0 aromatic heterocycles. The molecule has 2 aromatic rings. The van der Waals surface area contributed by atoms with E-state index in [4.69, 9.17) is 22.1 Å². The number of halogens is 1. The molecule has 0 radical (unpaired) electrons. The summed E-state index contributed by atoms with van der Waals surface area (Å²) in [4.78, 5) is 23.1. The van der Waals surface area contributed by atoms with Crippen LogP contribution < -0.4 is 21.3 Å². The van der Waals surface area contributed by atoms with E-state index in [1.54, 1.807) is 18.2 Å². The third-order valence-electron chi connectivity index (χ3n) is 4.67. The normalized spacial score (nSPS) is 15.9. The molecular formula is C18H20ClNO3.